The van der Waals surface area contributed by atoms with E-state index in [0.29, 0.717) is 19.4 Å². The number of carbonyl (C=O) groups is 2. The highest BCUT2D eigenvalue weighted by Gasteiger charge is 2.20. The Labute approximate surface area is 140 Å². The predicted molar refractivity (Wildman–Crippen MR) is 89.8 cm³/mol. The fourth-order valence-electron chi connectivity index (χ4n) is 2.14. The number of amides is 1. The summed E-state index contributed by atoms with van der Waals surface area (Å²) < 4.78 is 0. The molecule has 1 atom stereocenters. The molecule has 1 aromatic carbocycles. The molecule has 1 rings (SSSR count). The summed E-state index contributed by atoms with van der Waals surface area (Å²) in [6.45, 7) is 4.31. The third-order valence-electron chi connectivity index (χ3n) is 3.33. The summed E-state index contributed by atoms with van der Waals surface area (Å²) >= 11 is 0. The fraction of sp³-hybridized carbons (Fsp3) is 0.500. The molecule has 0 saturated heterocycles. The molecule has 0 aromatic heterocycles. The molecule has 8 nitrogen and oxygen atoms in total. The number of carboxylic acid groups (broad SMARTS) is 1. The first-order chi connectivity index (χ1) is 11.3. The zero-order valence-corrected chi connectivity index (χ0v) is 13.8. The zero-order valence-electron chi connectivity index (χ0n) is 13.8. The Hall–Kier alpha value is -2.64. The van der Waals surface area contributed by atoms with Crippen molar-refractivity contribution in [1.82, 2.24) is 5.32 Å². The lowest BCUT2D eigenvalue weighted by atomic mass is 10.0. The van der Waals surface area contributed by atoms with Crippen molar-refractivity contribution in [2.75, 3.05) is 11.9 Å². The van der Waals surface area contributed by atoms with Gasteiger partial charge in [-0.15, -0.1) is 0 Å². The van der Waals surface area contributed by atoms with Gasteiger partial charge in [-0.2, -0.15) is 0 Å². The van der Waals surface area contributed by atoms with E-state index < -0.39 is 16.9 Å². The predicted octanol–water partition coefficient (Wildman–Crippen LogP) is 2.40. The monoisotopic (exact) mass is 337 g/mol. The van der Waals surface area contributed by atoms with Gasteiger partial charge in [0.1, 0.15) is 6.04 Å². The van der Waals surface area contributed by atoms with Crippen LogP contribution in [0.1, 0.15) is 33.1 Å². The Bertz CT molecular complexity index is 572. The minimum atomic E-state index is -1.03. The van der Waals surface area contributed by atoms with E-state index in [1.807, 2.05) is 13.8 Å². The number of anilines is 1. The van der Waals surface area contributed by atoms with Crippen LogP contribution in [0.2, 0.25) is 0 Å². The lowest BCUT2D eigenvalue weighted by Crippen LogP contribution is -2.41. The first kappa shape index (κ1) is 19.4. The first-order valence-electron chi connectivity index (χ1n) is 7.80. The molecular formula is C16H23N3O5. The highest BCUT2D eigenvalue weighted by atomic mass is 16.6. The fourth-order valence-corrected chi connectivity index (χ4v) is 2.14. The van der Waals surface area contributed by atoms with Crippen molar-refractivity contribution in [2.45, 2.75) is 39.2 Å². The lowest BCUT2D eigenvalue weighted by Gasteiger charge is -2.16. The highest BCUT2D eigenvalue weighted by molar-refractivity contribution is 5.83. The number of nitrogens with zero attached hydrogens (tertiary/aromatic N) is 1. The summed E-state index contributed by atoms with van der Waals surface area (Å²) in [6.07, 6.45) is 1.13. The molecule has 0 heterocycles. The Morgan fingerprint density at radius 3 is 2.38 bits per heavy atom. The molecule has 0 radical (unpaired) electrons. The Morgan fingerprint density at radius 1 is 1.25 bits per heavy atom. The number of hydrogen-bond donors (Lipinski definition) is 3. The molecule has 8 heteroatoms. The van der Waals surface area contributed by atoms with Crippen LogP contribution in [0.4, 0.5) is 11.4 Å². The molecule has 3 N–H and O–H groups in total. The third-order valence-corrected chi connectivity index (χ3v) is 3.33. The summed E-state index contributed by atoms with van der Waals surface area (Å²) in [4.78, 5) is 33.0. The third kappa shape index (κ3) is 7.08. The van der Waals surface area contributed by atoms with E-state index in [0.717, 1.165) is 5.69 Å². The zero-order chi connectivity index (χ0) is 18.1. The topological polar surface area (TPSA) is 122 Å². The molecule has 0 aliphatic heterocycles. The summed E-state index contributed by atoms with van der Waals surface area (Å²) in [5.41, 5.74) is 0.744. The average molecular weight is 337 g/mol. The lowest BCUT2D eigenvalue weighted by molar-refractivity contribution is -0.384. The van der Waals surface area contributed by atoms with Crippen molar-refractivity contribution in [2.24, 2.45) is 5.92 Å². The van der Waals surface area contributed by atoms with Gasteiger partial charge in [-0.05, 0) is 30.9 Å². The Balaban J connectivity index is 2.32. The van der Waals surface area contributed by atoms with Gasteiger partial charge >= 0.3 is 5.97 Å². The van der Waals surface area contributed by atoms with Crippen LogP contribution in [0.25, 0.3) is 0 Å². The van der Waals surface area contributed by atoms with Gasteiger partial charge in [-0.3, -0.25) is 14.9 Å². The van der Waals surface area contributed by atoms with Gasteiger partial charge in [0.05, 0.1) is 4.92 Å². The number of benzene rings is 1. The molecule has 1 aromatic rings. The molecule has 0 unspecified atom stereocenters. The number of nitro benzene ring substituents is 1. The number of rotatable bonds is 10. The van der Waals surface area contributed by atoms with Gasteiger partial charge < -0.3 is 15.7 Å². The largest absolute Gasteiger partial charge is 0.480 e. The molecule has 0 aliphatic rings. The van der Waals surface area contributed by atoms with E-state index in [1.165, 1.54) is 12.1 Å². The van der Waals surface area contributed by atoms with E-state index in [9.17, 15) is 19.7 Å². The van der Waals surface area contributed by atoms with Crippen LogP contribution in [-0.4, -0.2) is 34.5 Å². The molecule has 0 saturated carbocycles. The summed E-state index contributed by atoms with van der Waals surface area (Å²) in [5, 5.41) is 25.2. The standard InChI is InChI=1S/C16H23N3O5/c1-11(2)10-14(16(21)22)18-15(20)4-3-9-17-12-5-7-13(8-6-12)19(23)24/h5-8,11,14,17H,3-4,9-10H2,1-2H3,(H,18,20)(H,21,22)/t14-/m1/s1. The highest BCUT2D eigenvalue weighted by Crippen LogP contribution is 2.15. The van der Waals surface area contributed by atoms with Crippen molar-refractivity contribution in [3.05, 3.63) is 34.4 Å². The number of aliphatic carboxylic acids is 1. The second-order valence-corrected chi connectivity index (χ2v) is 5.92. The minimum absolute atomic E-state index is 0.0183. The second kappa shape index (κ2) is 9.49. The van der Waals surface area contributed by atoms with Crippen LogP contribution in [0.5, 0.6) is 0 Å². The maximum atomic E-state index is 11.8. The van der Waals surface area contributed by atoms with E-state index >= 15 is 0 Å². The van der Waals surface area contributed by atoms with Gasteiger partial charge in [0.2, 0.25) is 5.91 Å². The number of nitrogens with one attached hydrogen (secondary N) is 2. The maximum Gasteiger partial charge on any atom is 0.326 e. The van der Waals surface area contributed by atoms with Crippen LogP contribution in [-0.2, 0) is 9.59 Å². The molecule has 0 spiro atoms. The molecule has 24 heavy (non-hydrogen) atoms. The van der Waals surface area contributed by atoms with Crippen molar-refractivity contribution < 1.29 is 19.6 Å². The molecule has 0 aliphatic carbocycles. The van der Waals surface area contributed by atoms with Gasteiger partial charge in [0, 0.05) is 30.8 Å². The molecule has 132 valence electrons. The van der Waals surface area contributed by atoms with Crippen molar-refractivity contribution in [3.63, 3.8) is 0 Å². The van der Waals surface area contributed by atoms with E-state index in [1.54, 1.807) is 12.1 Å². The number of carbonyl (C=O) groups excluding carboxylic acids is 1. The smallest absolute Gasteiger partial charge is 0.326 e. The first-order valence-corrected chi connectivity index (χ1v) is 7.80. The molecular weight excluding hydrogens is 314 g/mol. The second-order valence-electron chi connectivity index (χ2n) is 5.92. The van der Waals surface area contributed by atoms with Crippen LogP contribution < -0.4 is 10.6 Å². The Morgan fingerprint density at radius 2 is 1.88 bits per heavy atom. The van der Waals surface area contributed by atoms with Gasteiger partial charge in [-0.1, -0.05) is 13.8 Å². The van der Waals surface area contributed by atoms with E-state index in [2.05, 4.69) is 10.6 Å². The van der Waals surface area contributed by atoms with Crippen LogP contribution in [0.15, 0.2) is 24.3 Å². The van der Waals surface area contributed by atoms with Crippen LogP contribution in [0, 0.1) is 16.0 Å². The van der Waals surface area contributed by atoms with Crippen molar-refractivity contribution >= 4 is 23.3 Å². The number of nitro groups is 1. The number of carboxylic acids is 1. The summed E-state index contributed by atoms with van der Waals surface area (Å²) in [7, 11) is 0. The quantitative estimate of drug-likeness (QED) is 0.342. The maximum absolute atomic E-state index is 11.8. The van der Waals surface area contributed by atoms with Gasteiger partial charge in [0.25, 0.3) is 5.69 Å². The number of non-ortho nitro benzene ring substituents is 1. The van der Waals surface area contributed by atoms with E-state index in [4.69, 9.17) is 5.11 Å². The van der Waals surface area contributed by atoms with Crippen molar-refractivity contribution in [3.8, 4) is 0 Å². The summed E-state index contributed by atoms with van der Waals surface area (Å²) in [6, 6.07) is 5.14. The Kier molecular flexibility index (Phi) is 7.67. The van der Waals surface area contributed by atoms with Crippen molar-refractivity contribution in [1.29, 1.82) is 0 Å². The minimum Gasteiger partial charge on any atom is -0.480 e. The van der Waals surface area contributed by atoms with Crippen LogP contribution in [0.3, 0.4) is 0 Å². The SMILES string of the molecule is CC(C)C[C@@H](NC(=O)CCCNc1ccc([N+](=O)[O-])cc1)C(=O)O. The summed E-state index contributed by atoms with van der Waals surface area (Å²) in [5.74, 6) is -1.15. The normalized spacial score (nSPS) is 11.8. The van der Waals surface area contributed by atoms with Gasteiger partial charge in [-0.25, -0.2) is 4.79 Å². The van der Waals surface area contributed by atoms with Gasteiger partial charge in [0.15, 0.2) is 0 Å². The van der Waals surface area contributed by atoms with E-state index in [-0.39, 0.29) is 23.9 Å². The molecule has 0 bridgehead atoms. The molecule has 1 amide bonds. The average Bonchev–Trinajstić information content (AvgIpc) is 2.50. The molecule has 0 fully saturated rings. The number of hydrogen-bond acceptors (Lipinski definition) is 5. The van der Waals surface area contributed by atoms with Crippen LogP contribution >= 0.6 is 0 Å².